The van der Waals surface area contributed by atoms with Crippen LogP contribution in [0.4, 0.5) is 0 Å². The quantitative estimate of drug-likeness (QED) is 0.476. The average Bonchev–Trinajstić information content (AvgIpc) is 2.64. The molecule has 132 valence electrons. The zero-order valence-electron chi connectivity index (χ0n) is 15.7. The molecule has 0 radical (unpaired) electrons. The summed E-state index contributed by atoms with van der Waals surface area (Å²) in [6, 6.07) is 9.03. The van der Waals surface area contributed by atoms with Crippen LogP contribution in [0.15, 0.2) is 36.4 Å². The van der Waals surface area contributed by atoms with Crippen molar-refractivity contribution in [1.82, 2.24) is 0 Å². The second-order valence-electron chi connectivity index (χ2n) is 8.13. The number of unbranched alkanes of at least 4 members (excludes halogenated alkanes) is 1. The van der Waals surface area contributed by atoms with E-state index in [1.54, 1.807) is 5.56 Å². The Bertz CT molecular complexity index is 515. The summed E-state index contributed by atoms with van der Waals surface area (Å²) in [5, 5.41) is 0. The molecule has 1 nitrogen and oxygen atoms in total. The summed E-state index contributed by atoms with van der Waals surface area (Å²) in [6.07, 6.45) is 18.0. The second kappa shape index (κ2) is 7.76. The first-order valence-corrected chi connectivity index (χ1v) is 10.1. The van der Waals surface area contributed by atoms with Gasteiger partial charge in [0.25, 0.3) is 0 Å². The topological polar surface area (TPSA) is 9.23 Å². The molecule has 0 spiro atoms. The summed E-state index contributed by atoms with van der Waals surface area (Å²) in [5.74, 6) is 1.00. The maximum absolute atomic E-state index is 5.83. The van der Waals surface area contributed by atoms with Gasteiger partial charge >= 0.3 is 0 Å². The SMILES string of the molecule is CCCC=CCOc1ccc(C23CCC(CCC)(CC2)CC3)cc1. The van der Waals surface area contributed by atoms with Crippen LogP contribution in [0.2, 0.25) is 0 Å². The highest BCUT2D eigenvalue weighted by Gasteiger charge is 2.48. The van der Waals surface area contributed by atoms with E-state index in [-0.39, 0.29) is 0 Å². The Labute approximate surface area is 148 Å². The molecular formula is C23H34O. The highest BCUT2D eigenvalue weighted by molar-refractivity contribution is 5.34. The van der Waals surface area contributed by atoms with Crippen LogP contribution in [-0.2, 0) is 5.41 Å². The number of hydrogen-bond donors (Lipinski definition) is 0. The van der Waals surface area contributed by atoms with Crippen LogP contribution in [0.5, 0.6) is 5.75 Å². The molecule has 4 rings (SSSR count). The van der Waals surface area contributed by atoms with E-state index in [4.69, 9.17) is 4.74 Å². The molecule has 3 fully saturated rings. The fourth-order valence-electron chi connectivity index (χ4n) is 5.00. The highest BCUT2D eigenvalue weighted by Crippen LogP contribution is 2.59. The lowest BCUT2D eigenvalue weighted by atomic mass is 9.51. The van der Waals surface area contributed by atoms with E-state index in [2.05, 4.69) is 50.3 Å². The smallest absolute Gasteiger partial charge is 0.119 e. The third kappa shape index (κ3) is 3.71. The van der Waals surface area contributed by atoms with Crippen molar-refractivity contribution >= 4 is 0 Å². The first kappa shape index (κ1) is 17.6. The van der Waals surface area contributed by atoms with Crippen LogP contribution in [0.1, 0.15) is 83.6 Å². The van der Waals surface area contributed by atoms with Crippen molar-refractivity contribution in [3.8, 4) is 5.75 Å². The summed E-state index contributed by atoms with van der Waals surface area (Å²) < 4.78 is 5.83. The van der Waals surface area contributed by atoms with Crippen molar-refractivity contribution in [2.45, 2.75) is 83.5 Å². The second-order valence-corrected chi connectivity index (χ2v) is 8.13. The number of hydrogen-bond acceptors (Lipinski definition) is 1. The molecule has 0 aromatic heterocycles. The van der Waals surface area contributed by atoms with E-state index < -0.39 is 0 Å². The lowest BCUT2D eigenvalue weighted by molar-refractivity contribution is 0.0320. The van der Waals surface area contributed by atoms with Crippen molar-refractivity contribution in [2.75, 3.05) is 6.61 Å². The Hall–Kier alpha value is -1.24. The molecular weight excluding hydrogens is 292 g/mol. The van der Waals surface area contributed by atoms with Gasteiger partial charge in [-0.25, -0.2) is 0 Å². The molecule has 0 unspecified atom stereocenters. The fourth-order valence-corrected chi connectivity index (χ4v) is 5.00. The summed E-state index contributed by atoms with van der Waals surface area (Å²) in [4.78, 5) is 0. The van der Waals surface area contributed by atoms with Crippen LogP contribution in [0, 0.1) is 5.41 Å². The minimum absolute atomic E-state index is 0.467. The van der Waals surface area contributed by atoms with E-state index in [0.717, 1.165) is 12.2 Å². The highest BCUT2D eigenvalue weighted by atomic mass is 16.5. The van der Waals surface area contributed by atoms with Crippen LogP contribution >= 0.6 is 0 Å². The minimum Gasteiger partial charge on any atom is -0.490 e. The number of ether oxygens (including phenoxy) is 1. The Kier molecular flexibility index (Phi) is 5.69. The molecule has 2 bridgehead atoms. The summed E-state index contributed by atoms with van der Waals surface area (Å²) in [6.45, 7) is 5.23. The van der Waals surface area contributed by atoms with Gasteiger partial charge in [0.1, 0.15) is 12.4 Å². The lowest BCUT2D eigenvalue weighted by Crippen LogP contribution is -2.44. The van der Waals surface area contributed by atoms with Gasteiger partial charge in [0.2, 0.25) is 0 Å². The number of benzene rings is 1. The standard InChI is InChI=1S/C23H34O/c1-3-5-6-7-19-24-21-10-8-20(9-11-21)23-16-13-22(12-4-2,14-17-23)15-18-23/h6-11H,3-5,12-19H2,1-2H3. The summed E-state index contributed by atoms with van der Waals surface area (Å²) in [5.41, 5.74) is 2.72. The van der Waals surface area contributed by atoms with Crippen molar-refractivity contribution in [3.05, 3.63) is 42.0 Å². The normalized spacial score (nSPS) is 29.2. The molecule has 0 heterocycles. The van der Waals surface area contributed by atoms with Gasteiger partial charge in [0, 0.05) is 0 Å². The number of rotatable bonds is 8. The van der Waals surface area contributed by atoms with Crippen LogP contribution in [-0.4, -0.2) is 6.61 Å². The first-order chi connectivity index (χ1) is 11.7. The first-order valence-electron chi connectivity index (χ1n) is 10.1. The lowest BCUT2D eigenvalue weighted by Gasteiger charge is -2.54. The van der Waals surface area contributed by atoms with Crippen molar-refractivity contribution < 1.29 is 4.74 Å². The largest absolute Gasteiger partial charge is 0.490 e. The fraction of sp³-hybridized carbons (Fsp3) is 0.652. The molecule has 1 heteroatoms. The van der Waals surface area contributed by atoms with E-state index >= 15 is 0 Å². The summed E-state index contributed by atoms with van der Waals surface area (Å²) >= 11 is 0. The van der Waals surface area contributed by atoms with Crippen molar-refractivity contribution in [1.29, 1.82) is 0 Å². The van der Waals surface area contributed by atoms with E-state index in [1.165, 1.54) is 57.8 Å². The molecule has 0 amide bonds. The molecule has 24 heavy (non-hydrogen) atoms. The Morgan fingerprint density at radius 3 is 2.12 bits per heavy atom. The van der Waals surface area contributed by atoms with Gasteiger partial charge in [-0.2, -0.15) is 0 Å². The van der Waals surface area contributed by atoms with E-state index in [1.807, 2.05) is 0 Å². The maximum atomic E-state index is 5.83. The van der Waals surface area contributed by atoms with Gasteiger partial charge in [-0.05, 0) is 79.9 Å². The zero-order valence-corrected chi connectivity index (χ0v) is 15.7. The molecule has 3 aliphatic rings. The van der Waals surface area contributed by atoms with Crippen LogP contribution in [0.3, 0.4) is 0 Å². The Morgan fingerprint density at radius 1 is 0.875 bits per heavy atom. The zero-order chi connectivity index (χ0) is 16.9. The van der Waals surface area contributed by atoms with Crippen LogP contribution in [0.25, 0.3) is 0 Å². The molecule has 3 saturated carbocycles. The molecule has 1 aromatic carbocycles. The predicted octanol–water partition coefficient (Wildman–Crippen LogP) is 6.81. The third-order valence-corrected chi connectivity index (χ3v) is 6.62. The summed E-state index contributed by atoms with van der Waals surface area (Å²) in [7, 11) is 0. The number of fused-ring (bicyclic) bond motifs is 3. The molecule has 0 N–H and O–H groups in total. The number of allylic oxidation sites excluding steroid dienone is 1. The van der Waals surface area contributed by atoms with Gasteiger partial charge < -0.3 is 4.74 Å². The predicted molar refractivity (Wildman–Crippen MR) is 103 cm³/mol. The van der Waals surface area contributed by atoms with Crippen molar-refractivity contribution in [3.63, 3.8) is 0 Å². The average molecular weight is 327 g/mol. The molecule has 1 aromatic rings. The van der Waals surface area contributed by atoms with Gasteiger partial charge in [0.05, 0.1) is 0 Å². The van der Waals surface area contributed by atoms with Gasteiger partial charge in [0.15, 0.2) is 0 Å². The van der Waals surface area contributed by atoms with E-state index in [9.17, 15) is 0 Å². The molecule has 0 saturated heterocycles. The van der Waals surface area contributed by atoms with Gasteiger partial charge in [-0.15, -0.1) is 0 Å². The Balaban J connectivity index is 1.58. The van der Waals surface area contributed by atoms with E-state index in [0.29, 0.717) is 17.4 Å². The van der Waals surface area contributed by atoms with Gasteiger partial charge in [-0.3, -0.25) is 0 Å². The third-order valence-electron chi connectivity index (χ3n) is 6.62. The molecule has 0 aliphatic heterocycles. The molecule has 0 atom stereocenters. The minimum atomic E-state index is 0.467. The van der Waals surface area contributed by atoms with Crippen LogP contribution < -0.4 is 4.74 Å². The Morgan fingerprint density at radius 2 is 1.54 bits per heavy atom. The molecule has 3 aliphatic carbocycles. The van der Waals surface area contributed by atoms with Gasteiger partial charge in [-0.1, -0.05) is 51.0 Å². The maximum Gasteiger partial charge on any atom is 0.119 e. The monoisotopic (exact) mass is 326 g/mol. The van der Waals surface area contributed by atoms with Crippen molar-refractivity contribution in [2.24, 2.45) is 5.41 Å².